The third-order valence-corrected chi connectivity index (χ3v) is 7.63. The number of benzene rings is 3. The molecule has 0 fully saturated rings. The number of fused-ring (bicyclic) bond motifs is 3. The van der Waals surface area contributed by atoms with E-state index in [1.54, 1.807) is 0 Å². The zero-order valence-corrected chi connectivity index (χ0v) is 21.4. The molecule has 0 bridgehead atoms. The number of unbranched alkanes of at least 4 members (excludes halogenated alkanes) is 10. The molecule has 0 amide bonds. The van der Waals surface area contributed by atoms with Crippen LogP contribution in [0, 0.1) is 0 Å². The lowest BCUT2D eigenvalue weighted by molar-refractivity contribution is 0.549. The van der Waals surface area contributed by atoms with Gasteiger partial charge in [-0.05, 0) is 58.9 Å². The molecular weight excluding hydrogens is 422 g/mol. The first kappa shape index (κ1) is 23.8. The van der Waals surface area contributed by atoms with Gasteiger partial charge in [0.05, 0.1) is 11.2 Å². The second kappa shape index (κ2) is 11.7. The van der Waals surface area contributed by atoms with Crippen molar-refractivity contribution < 1.29 is 0 Å². The van der Waals surface area contributed by atoms with Crippen molar-refractivity contribution in [1.82, 2.24) is 4.98 Å². The van der Waals surface area contributed by atoms with Gasteiger partial charge in [0, 0.05) is 10.9 Å². The summed E-state index contributed by atoms with van der Waals surface area (Å²) < 4.78 is 0. The first-order valence-electron chi connectivity index (χ1n) is 14.0. The van der Waals surface area contributed by atoms with Crippen molar-refractivity contribution in [3.05, 3.63) is 78.4 Å². The van der Waals surface area contributed by atoms with Crippen LogP contribution in [0.2, 0.25) is 0 Å². The summed E-state index contributed by atoms with van der Waals surface area (Å²) in [6, 6.07) is 26.7. The van der Waals surface area contributed by atoms with Crippen molar-refractivity contribution in [1.29, 1.82) is 0 Å². The number of hydrogen-bond donors (Lipinski definition) is 0. The Morgan fingerprint density at radius 2 is 1.17 bits per heavy atom. The van der Waals surface area contributed by atoms with Crippen molar-refractivity contribution in [2.45, 2.75) is 84.0 Å². The molecule has 0 unspecified atom stereocenters. The van der Waals surface area contributed by atoms with Crippen LogP contribution >= 0.6 is 0 Å². The van der Waals surface area contributed by atoms with Crippen molar-refractivity contribution in [2.75, 3.05) is 0 Å². The van der Waals surface area contributed by atoms with E-state index in [4.69, 9.17) is 4.98 Å². The molecule has 35 heavy (non-hydrogen) atoms. The fraction of sp³-hybridized carbons (Fsp3) is 0.382. The summed E-state index contributed by atoms with van der Waals surface area (Å²) in [5.74, 6) is 0. The first-order valence-corrected chi connectivity index (χ1v) is 14.0. The zero-order valence-electron chi connectivity index (χ0n) is 21.4. The molecule has 0 saturated carbocycles. The van der Waals surface area contributed by atoms with E-state index in [2.05, 4.69) is 79.7 Å². The lowest BCUT2D eigenvalue weighted by Gasteiger charge is -2.09. The number of pyridine rings is 1. The van der Waals surface area contributed by atoms with E-state index in [1.807, 2.05) is 0 Å². The summed E-state index contributed by atoms with van der Waals surface area (Å²) in [7, 11) is 0. The van der Waals surface area contributed by atoms with Gasteiger partial charge in [0.25, 0.3) is 0 Å². The molecule has 0 N–H and O–H groups in total. The Kier molecular flexibility index (Phi) is 7.93. The molecule has 1 nitrogen and oxygen atoms in total. The molecule has 0 spiro atoms. The molecule has 1 heterocycles. The van der Waals surface area contributed by atoms with Gasteiger partial charge in [-0.15, -0.1) is 0 Å². The van der Waals surface area contributed by atoms with Crippen molar-refractivity contribution in [3.63, 3.8) is 0 Å². The Hall–Kier alpha value is -2.93. The topological polar surface area (TPSA) is 12.9 Å². The first-order chi connectivity index (χ1) is 17.3. The largest absolute Gasteiger partial charge is 0.248 e. The van der Waals surface area contributed by atoms with Crippen LogP contribution in [0.15, 0.2) is 72.8 Å². The summed E-state index contributed by atoms with van der Waals surface area (Å²) in [5, 5.41) is 1.30. The van der Waals surface area contributed by atoms with E-state index in [0.29, 0.717) is 0 Å². The molecule has 3 aromatic carbocycles. The summed E-state index contributed by atoms with van der Waals surface area (Å²) in [4.78, 5) is 5.09. The zero-order chi connectivity index (χ0) is 23.9. The number of aryl methyl sites for hydroxylation is 1. The second-order valence-corrected chi connectivity index (χ2v) is 10.3. The van der Waals surface area contributed by atoms with Gasteiger partial charge in [0.15, 0.2) is 0 Å². The monoisotopic (exact) mass is 461 g/mol. The number of rotatable bonds is 13. The standard InChI is InChI=1S/C34H39N/c1-2-3-4-5-6-7-8-9-10-11-12-17-26-18-15-19-27(24-26)33-25-31-29-21-14-13-20-28(29)30-22-16-23-32(35-33)34(30)31/h13-16,18-25H,2-12,17H2,1H3. The molecule has 180 valence electrons. The highest BCUT2D eigenvalue weighted by molar-refractivity contribution is 6.14. The quantitative estimate of drug-likeness (QED) is 0.159. The summed E-state index contributed by atoms with van der Waals surface area (Å²) in [5.41, 5.74) is 10.2. The normalized spacial score (nSPS) is 11.8. The van der Waals surface area contributed by atoms with Crippen LogP contribution in [0.5, 0.6) is 0 Å². The lowest BCUT2D eigenvalue weighted by Crippen LogP contribution is -1.91. The van der Waals surface area contributed by atoms with Crippen LogP contribution < -0.4 is 0 Å². The van der Waals surface area contributed by atoms with Crippen LogP contribution in [-0.2, 0) is 6.42 Å². The summed E-state index contributed by atoms with van der Waals surface area (Å²) in [6.45, 7) is 2.29. The Balaban J connectivity index is 1.19. The van der Waals surface area contributed by atoms with Crippen LogP contribution in [-0.4, -0.2) is 4.98 Å². The molecule has 1 aliphatic carbocycles. The molecule has 5 rings (SSSR count). The maximum atomic E-state index is 5.09. The van der Waals surface area contributed by atoms with Crippen molar-refractivity contribution in [2.24, 2.45) is 0 Å². The van der Waals surface area contributed by atoms with Crippen LogP contribution in [0.1, 0.15) is 83.1 Å². The average molecular weight is 462 g/mol. The summed E-state index contributed by atoms with van der Waals surface area (Å²) in [6.07, 6.45) is 16.5. The average Bonchev–Trinajstić information content (AvgIpc) is 3.23. The number of aromatic nitrogens is 1. The van der Waals surface area contributed by atoms with E-state index >= 15 is 0 Å². The number of nitrogens with zero attached hydrogens (tertiary/aromatic N) is 1. The fourth-order valence-corrected chi connectivity index (χ4v) is 5.70. The molecule has 0 aliphatic heterocycles. The Morgan fingerprint density at radius 3 is 1.91 bits per heavy atom. The fourth-order valence-electron chi connectivity index (χ4n) is 5.70. The highest BCUT2D eigenvalue weighted by atomic mass is 14.7. The van der Waals surface area contributed by atoms with Gasteiger partial charge in [-0.3, -0.25) is 0 Å². The molecular formula is C34H39N. The third-order valence-electron chi connectivity index (χ3n) is 7.63. The van der Waals surface area contributed by atoms with E-state index in [9.17, 15) is 0 Å². The van der Waals surface area contributed by atoms with E-state index in [-0.39, 0.29) is 0 Å². The Labute approximate surface area is 211 Å². The van der Waals surface area contributed by atoms with Crippen molar-refractivity contribution >= 4 is 10.9 Å². The van der Waals surface area contributed by atoms with Gasteiger partial charge in [0.1, 0.15) is 0 Å². The van der Waals surface area contributed by atoms with Crippen molar-refractivity contribution in [3.8, 4) is 33.5 Å². The highest BCUT2D eigenvalue weighted by Gasteiger charge is 2.22. The minimum atomic E-state index is 1.09. The maximum Gasteiger partial charge on any atom is 0.0722 e. The van der Waals surface area contributed by atoms with Crippen LogP contribution in [0.3, 0.4) is 0 Å². The predicted molar refractivity (Wildman–Crippen MR) is 152 cm³/mol. The molecule has 4 aromatic rings. The van der Waals surface area contributed by atoms with E-state index in [1.165, 1.54) is 109 Å². The predicted octanol–water partition coefficient (Wildman–Crippen LogP) is 10.4. The molecule has 1 aliphatic rings. The Bertz CT molecular complexity index is 1270. The smallest absolute Gasteiger partial charge is 0.0722 e. The van der Waals surface area contributed by atoms with Gasteiger partial charge in [0.2, 0.25) is 0 Å². The van der Waals surface area contributed by atoms with E-state index in [0.717, 1.165) is 17.6 Å². The van der Waals surface area contributed by atoms with Gasteiger partial charge < -0.3 is 0 Å². The summed E-state index contributed by atoms with van der Waals surface area (Å²) >= 11 is 0. The van der Waals surface area contributed by atoms with Crippen LogP contribution in [0.4, 0.5) is 0 Å². The molecule has 1 heteroatoms. The van der Waals surface area contributed by atoms with Gasteiger partial charge in [-0.2, -0.15) is 0 Å². The minimum absolute atomic E-state index is 1.09. The van der Waals surface area contributed by atoms with Gasteiger partial charge in [-0.1, -0.05) is 126 Å². The maximum absolute atomic E-state index is 5.09. The van der Waals surface area contributed by atoms with Crippen LogP contribution in [0.25, 0.3) is 44.4 Å². The number of hydrogen-bond acceptors (Lipinski definition) is 1. The molecule has 1 aromatic heterocycles. The van der Waals surface area contributed by atoms with Gasteiger partial charge >= 0.3 is 0 Å². The molecule has 0 atom stereocenters. The lowest BCUT2D eigenvalue weighted by atomic mass is 9.99. The van der Waals surface area contributed by atoms with Gasteiger partial charge in [-0.25, -0.2) is 4.98 Å². The SMILES string of the molecule is CCCCCCCCCCCCCc1cccc(-c2cc3c4c(cccc4n2)-c2ccccc2-3)c1. The highest BCUT2D eigenvalue weighted by Crippen LogP contribution is 2.47. The second-order valence-electron chi connectivity index (χ2n) is 10.3. The Morgan fingerprint density at radius 1 is 0.543 bits per heavy atom. The molecule has 0 radical (unpaired) electrons. The third kappa shape index (κ3) is 5.50. The molecule has 0 saturated heterocycles. The minimum Gasteiger partial charge on any atom is -0.248 e. The van der Waals surface area contributed by atoms with E-state index < -0.39 is 0 Å².